The average Bonchev–Trinajstić information content (AvgIpc) is 2.70. The van der Waals surface area contributed by atoms with E-state index in [1.165, 1.54) is 4.90 Å². The molecular formula is C21H20N4O2. The minimum Gasteiger partial charge on any atom is -0.484 e. The highest BCUT2D eigenvalue weighted by Crippen LogP contribution is 2.26. The van der Waals surface area contributed by atoms with E-state index in [2.05, 4.69) is 16.4 Å². The molecule has 0 atom stereocenters. The third kappa shape index (κ3) is 4.33. The fraction of sp³-hybridized carbons (Fsp3) is 0.190. The van der Waals surface area contributed by atoms with E-state index in [0.29, 0.717) is 17.9 Å². The second-order valence-corrected chi connectivity index (χ2v) is 6.25. The van der Waals surface area contributed by atoms with Crippen LogP contribution in [0.3, 0.4) is 0 Å². The molecule has 1 N–H and O–H groups in total. The van der Waals surface area contributed by atoms with Crippen LogP contribution in [-0.4, -0.2) is 36.5 Å². The number of amides is 1. The number of carbonyl (C=O) groups is 1. The Morgan fingerprint density at radius 3 is 2.81 bits per heavy atom. The van der Waals surface area contributed by atoms with Gasteiger partial charge in [-0.15, -0.1) is 0 Å². The van der Waals surface area contributed by atoms with E-state index in [1.54, 1.807) is 20.3 Å². The summed E-state index contributed by atoms with van der Waals surface area (Å²) >= 11 is 0. The summed E-state index contributed by atoms with van der Waals surface area (Å²) in [5, 5.41) is 13.6. The third-order valence-corrected chi connectivity index (χ3v) is 4.12. The normalized spacial score (nSPS) is 10.3. The van der Waals surface area contributed by atoms with Crippen molar-refractivity contribution in [1.82, 2.24) is 9.88 Å². The van der Waals surface area contributed by atoms with Crippen LogP contribution >= 0.6 is 0 Å². The quantitative estimate of drug-likeness (QED) is 0.730. The Kier molecular flexibility index (Phi) is 5.53. The van der Waals surface area contributed by atoms with Gasteiger partial charge < -0.3 is 15.0 Å². The summed E-state index contributed by atoms with van der Waals surface area (Å²) in [6.07, 6.45) is 1.58. The van der Waals surface area contributed by atoms with Gasteiger partial charge in [-0.25, -0.2) is 0 Å². The maximum Gasteiger partial charge on any atom is 0.259 e. The van der Waals surface area contributed by atoms with Crippen molar-refractivity contribution in [2.24, 2.45) is 0 Å². The van der Waals surface area contributed by atoms with Crippen LogP contribution in [0.15, 0.2) is 54.7 Å². The molecule has 6 heteroatoms. The van der Waals surface area contributed by atoms with Gasteiger partial charge in [0.25, 0.3) is 5.91 Å². The molecular weight excluding hydrogens is 340 g/mol. The first kappa shape index (κ1) is 18.2. The van der Waals surface area contributed by atoms with E-state index in [1.807, 2.05) is 48.5 Å². The molecule has 3 rings (SSSR count). The smallest absolute Gasteiger partial charge is 0.259 e. The number of aromatic nitrogens is 1. The first-order chi connectivity index (χ1) is 13.1. The molecule has 1 heterocycles. The zero-order valence-electron chi connectivity index (χ0n) is 15.3. The van der Waals surface area contributed by atoms with E-state index in [4.69, 9.17) is 4.74 Å². The minimum absolute atomic E-state index is 0.00253. The number of pyridine rings is 1. The highest BCUT2D eigenvalue weighted by molar-refractivity contribution is 5.93. The molecule has 0 unspecified atom stereocenters. The molecule has 2 aromatic carbocycles. The summed E-state index contributed by atoms with van der Waals surface area (Å²) in [4.78, 5) is 17.5. The number of benzene rings is 2. The summed E-state index contributed by atoms with van der Waals surface area (Å²) < 4.78 is 5.56. The molecule has 136 valence electrons. The molecule has 0 bridgehead atoms. The van der Waals surface area contributed by atoms with E-state index < -0.39 is 0 Å². The summed E-state index contributed by atoms with van der Waals surface area (Å²) in [6, 6.07) is 17.4. The standard InChI is InChI=1S/C21H20N4O2/c1-25(2)20(26)14-27-17-7-5-6-15(10-17)12-24-21-16(11-22)13-23-19-9-4-3-8-18(19)21/h3-10,13H,12,14H2,1-2H3,(H,23,24). The van der Waals surface area contributed by atoms with Gasteiger partial charge >= 0.3 is 0 Å². The molecule has 0 spiro atoms. The SMILES string of the molecule is CN(C)C(=O)COc1cccc(CNc2c(C#N)cnc3ccccc23)c1. The van der Waals surface area contributed by atoms with E-state index >= 15 is 0 Å². The van der Waals surface area contributed by atoms with Crippen molar-refractivity contribution >= 4 is 22.5 Å². The molecule has 0 saturated carbocycles. The third-order valence-electron chi connectivity index (χ3n) is 4.12. The average molecular weight is 360 g/mol. The zero-order chi connectivity index (χ0) is 19.2. The van der Waals surface area contributed by atoms with Crippen LogP contribution < -0.4 is 10.1 Å². The number of hydrogen-bond acceptors (Lipinski definition) is 5. The van der Waals surface area contributed by atoms with Crippen molar-refractivity contribution in [3.63, 3.8) is 0 Å². The summed E-state index contributed by atoms with van der Waals surface area (Å²) in [5.41, 5.74) is 3.07. The number of nitrogens with one attached hydrogen (secondary N) is 1. The molecule has 0 aliphatic rings. The number of fused-ring (bicyclic) bond motifs is 1. The van der Waals surface area contributed by atoms with Gasteiger partial charge in [0.2, 0.25) is 0 Å². The topological polar surface area (TPSA) is 78.2 Å². The number of para-hydroxylation sites is 1. The Hall–Kier alpha value is -3.59. The van der Waals surface area contributed by atoms with Crippen molar-refractivity contribution in [2.75, 3.05) is 26.0 Å². The van der Waals surface area contributed by atoms with Crippen LogP contribution in [0.1, 0.15) is 11.1 Å². The molecule has 0 fully saturated rings. The van der Waals surface area contributed by atoms with Gasteiger partial charge in [0.1, 0.15) is 11.8 Å². The van der Waals surface area contributed by atoms with Crippen LogP contribution in [-0.2, 0) is 11.3 Å². The molecule has 6 nitrogen and oxygen atoms in total. The Morgan fingerprint density at radius 1 is 1.22 bits per heavy atom. The van der Waals surface area contributed by atoms with Gasteiger partial charge in [0.05, 0.1) is 16.8 Å². The lowest BCUT2D eigenvalue weighted by atomic mass is 10.1. The Bertz CT molecular complexity index is 1010. The van der Waals surface area contributed by atoms with Crippen LogP contribution in [0.25, 0.3) is 10.9 Å². The van der Waals surface area contributed by atoms with E-state index in [0.717, 1.165) is 22.2 Å². The Labute approximate surface area is 158 Å². The van der Waals surface area contributed by atoms with Crippen molar-refractivity contribution < 1.29 is 9.53 Å². The predicted molar refractivity (Wildman–Crippen MR) is 104 cm³/mol. The van der Waals surface area contributed by atoms with Crippen molar-refractivity contribution in [3.8, 4) is 11.8 Å². The number of carbonyl (C=O) groups excluding carboxylic acids is 1. The first-order valence-electron chi connectivity index (χ1n) is 8.52. The van der Waals surface area contributed by atoms with E-state index in [-0.39, 0.29) is 12.5 Å². The lowest BCUT2D eigenvalue weighted by Gasteiger charge is -2.13. The second-order valence-electron chi connectivity index (χ2n) is 6.25. The number of rotatable bonds is 6. The number of nitrogens with zero attached hydrogens (tertiary/aromatic N) is 3. The number of nitriles is 1. The molecule has 3 aromatic rings. The number of ether oxygens (including phenoxy) is 1. The molecule has 1 amide bonds. The van der Waals surface area contributed by atoms with Crippen LogP contribution in [0.5, 0.6) is 5.75 Å². The van der Waals surface area contributed by atoms with Gasteiger partial charge in [-0.3, -0.25) is 9.78 Å². The summed E-state index contributed by atoms with van der Waals surface area (Å²) in [5.74, 6) is 0.532. The number of hydrogen-bond donors (Lipinski definition) is 1. The molecule has 0 radical (unpaired) electrons. The van der Waals surface area contributed by atoms with Crippen LogP contribution in [0.2, 0.25) is 0 Å². The second kappa shape index (κ2) is 8.19. The maximum atomic E-state index is 11.7. The minimum atomic E-state index is -0.0968. The Morgan fingerprint density at radius 2 is 2.04 bits per heavy atom. The highest BCUT2D eigenvalue weighted by atomic mass is 16.5. The van der Waals surface area contributed by atoms with Gasteiger partial charge in [-0.2, -0.15) is 5.26 Å². The van der Waals surface area contributed by atoms with Crippen LogP contribution in [0, 0.1) is 11.3 Å². The van der Waals surface area contributed by atoms with Crippen molar-refractivity contribution in [1.29, 1.82) is 5.26 Å². The lowest BCUT2D eigenvalue weighted by Crippen LogP contribution is -2.27. The lowest BCUT2D eigenvalue weighted by molar-refractivity contribution is -0.130. The number of anilines is 1. The van der Waals surface area contributed by atoms with Gasteiger partial charge in [0, 0.05) is 32.2 Å². The zero-order valence-corrected chi connectivity index (χ0v) is 15.3. The maximum absolute atomic E-state index is 11.7. The van der Waals surface area contributed by atoms with Crippen LogP contribution in [0.4, 0.5) is 5.69 Å². The van der Waals surface area contributed by atoms with Gasteiger partial charge in [-0.05, 0) is 23.8 Å². The number of likely N-dealkylation sites (N-methyl/N-ethyl adjacent to an activating group) is 1. The van der Waals surface area contributed by atoms with Crippen molar-refractivity contribution in [3.05, 3.63) is 65.9 Å². The molecule has 27 heavy (non-hydrogen) atoms. The molecule has 0 aliphatic heterocycles. The monoisotopic (exact) mass is 360 g/mol. The predicted octanol–water partition coefficient (Wildman–Crippen LogP) is 3.19. The highest BCUT2D eigenvalue weighted by Gasteiger charge is 2.09. The first-order valence-corrected chi connectivity index (χ1v) is 8.52. The molecule has 1 aromatic heterocycles. The van der Waals surface area contributed by atoms with Gasteiger partial charge in [-0.1, -0.05) is 30.3 Å². The fourth-order valence-corrected chi connectivity index (χ4v) is 2.63. The van der Waals surface area contributed by atoms with Crippen molar-refractivity contribution in [2.45, 2.75) is 6.54 Å². The fourth-order valence-electron chi connectivity index (χ4n) is 2.63. The molecule has 0 saturated heterocycles. The summed E-state index contributed by atoms with van der Waals surface area (Å²) in [7, 11) is 3.38. The largest absolute Gasteiger partial charge is 0.484 e. The Balaban J connectivity index is 1.76. The van der Waals surface area contributed by atoms with Gasteiger partial charge in [0.15, 0.2) is 6.61 Å². The molecule has 0 aliphatic carbocycles. The summed E-state index contributed by atoms with van der Waals surface area (Å²) in [6.45, 7) is 0.513. The van der Waals surface area contributed by atoms with E-state index in [9.17, 15) is 10.1 Å².